The maximum Gasteiger partial charge on any atom is 0.315 e. The monoisotopic (exact) mass is 260 g/mol. The minimum Gasteiger partial charge on any atom is -0.481 e. The fourth-order valence-electron chi connectivity index (χ4n) is 1.84. The highest BCUT2D eigenvalue weighted by molar-refractivity contribution is 7.99. The molecule has 1 aliphatic rings. The Morgan fingerprint density at radius 2 is 2.12 bits per heavy atom. The molecule has 0 aromatic rings. The van der Waals surface area contributed by atoms with Crippen LogP contribution in [0.1, 0.15) is 32.6 Å². The molecular formula is C11H20N2O3S. The molecule has 17 heavy (non-hydrogen) atoms. The number of carbonyl (C=O) groups excluding carboxylic acids is 1. The van der Waals surface area contributed by atoms with Crippen molar-refractivity contribution < 1.29 is 14.7 Å². The first-order valence-corrected chi connectivity index (χ1v) is 7.07. The minimum absolute atomic E-state index is 0.0124. The van der Waals surface area contributed by atoms with Gasteiger partial charge in [-0.3, -0.25) is 4.79 Å². The van der Waals surface area contributed by atoms with Crippen molar-refractivity contribution in [3.63, 3.8) is 0 Å². The molecule has 0 aromatic heterocycles. The summed E-state index contributed by atoms with van der Waals surface area (Å²) in [5.74, 6) is -0.859. The molecule has 0 bridgehead atoms. The Labute approximate surface area is 106 Å². The van der Waals surface area contributed by atoms with E-state index in [4.69, 9.17) is 5.11 Å². The van der Waals surface area contributed by atoms with Gasteiger partial charge in [0.1, 0.15) is 0 Å². The van der Waals surface area contributed by atoms with E-state index < -0.39 is 11.5 Å². The van der Waals surface area contributed by atoms with Crippen molar-refractivity contribution in [2.45, 2.75) is 43.4 Å². The Balaban J connectivity index is 2.35. The Morgan fingerprint density at radius 3 is 2.53 bits per heavy atom. The SMILES string of the molecule is CSC(C)CNC(=O)NC1(CC(=O)O)CCC1. The van der Waals surface area contributed by atoms with E-state index in [1.165, 1.54) is 0 Å². The molecular weight excluding hydrogens is 240 g/mol. The summed E-state index contributed by atoms with van der Waals surface area (Å²) in [4.78, 5) is 22.4. The van der Waals surface area contributed by atoms with Crippen LogP contribution in [-0.4, -0.2) is 40.7 Å². The molecule has 0 spiro atoms. The summed E-state index contributed by atoms with van der Waals surface area (Å²) in [6, 6.07) is -0.258. The van der Waals surface area contributed by atoms with Crippen LogP contribution in [0.25, 0.3) is 0 Å². The molecule has 2 amide bonds. The van der Waals surface area contributed by atoms with E-state index in [1.807, 2.05) is 13.2 Å². The summed E-state index contributed by atoms with van der Waals surface area (Å²) >= 11 is 1.68. The Morgan fingerprint density at radius 1 is 1.47 bits per heavy atom. The zero-order chi connectivity index (χ0) is 12.9. The van der Waals surface area contributed by atoms with Crippen LogP contribution in [0.5, 0.6) is 0 Å². The van der Waals surface area contributed by atoms with Crippen LogP contribution in [0.3, 0.4) is 0 Å². The molecule has 98 valence electrons. The number of hydrogen-bond acceptors (Lipinski definition) is 3. The van der Waals surface area contributed by atoms with E-state index in [2.05, 4.69) is 10.6 Å². The van der Waals surface area contributed by atoms with Gasteiger partial charge in [0.2, 0.25) is 0 Å². The predicted molar refractivity (Wildman–Crippen MR) is 68.3 cm³/mol. The van der Waals surface area contributed by atoms with Crippen molar-refractivity contribution in [2.75, 3.05) is 12.8 Å². The third-order valence-corrected chi connectivity index (χ3v) is 4.10. The lowest BCUT2D eigenvalue weighted by molar-refractivity contribution is -0.139. The average molecular weight is 260 g/mol. The summed E-state index contributed by atoms with van der Waals surface area (Å²) in [6.45, 7) is 2.62. The number of carbonyl (C=O) groups is 2. The van der Waals surface area contributed by atoms with Crippen LogP contribution < -0.4 is 10.6 Å². The van der Waals surface area contributed by atoms with E-state index in [9.17, 15) is 9.59 Å². The Hall–Kier alpha value is -0.910. The normalized spacial score (nSPS) is 18.9. The van der Waals surface area contributed by atoms with Crippen LogP contribution in [0.4, 0.5) is 4.79 Å². The second kappa shape index (κ2) is 6.14. The Kier molecular flexibility index (Phi) is 5.11. The molecule has 1 rings (SSSR count). The van der Waals surface area contributed by atoms with Crippen molar-refractivity contribution >= 4 is 23.8 Å². The number of thioether (sulfide) groups is 1. The number of carboxylic acids is 1. The van der Waals surface area contributed by atoms with Gasteiger partial charge in [0.15, 0.2) is 0 Å². The summed E-state index contributed by atoms with van der Waals surface area (Å²) in [7, 11) is 0. The van der Waals surface area contributed by atoms with Gasteiger partial charge < -0.3 is 15.7 Å². The molecule has 0 radical (unpaired) electrons. The second-order valence-corrected chi connectivity index (χ2v) is 5.86. The predicted octanol–water partition coefficient (Wildman–Crippen LogP) is 1.43. The van der Waals surface area contributed by atoms with Crippen molar-refractivity contribution in [2.24, 2.45) is 0 Å². The van der Waals surface area contributed by atoms with Crippen LogP contribution >= 0.6 is 11.8 Å². The van der Waals surface area contributed by atoms with Crippen LogP contribution in [0.15, 0.2) is 0 Å². The summed E-state index contributed by atoms with van der Waals surface area (Å²) in [6.07, 6.45) is 4.49. The lowest BCUT2D eigenvalue weighted by atomic mass is 9.74. The maximum atomic E-state index is 11.6. The standard InChI is InChI=1S/C11H20N2O3S/c1-8(17-2)7-12-10(16)13-11(4-3-5-11)6-9(14)15/h8H,3-7H2,1-2H3,(H,14,15)(H2,12,13,16). The zero-order valence-electron chi connectivity index (χ0n) is 10.3. The molecule has 5 nitrogen and oxygen atoms in total. The number of carboxylic acid groups (broad SMARTS) is 1. The topological polar surface area (TPSA) is 78.4 Å². The number of hydrogen-bond donors (Lipinski definition) is 3. The quantitative estimate of drug-likeness (QED) is 0.675. The van der Waals surface area contributed by atoms with Gasteiger partial charge in [-0.15, -0.1) is 0 Å². The second-order valence-electron chi connectivity index (χ2n) is 4.59. The van der Waals surface area contributed by atoms with Gasteiger partial charge in [0, 0.05) is 11.8 Å². The third kappa shape index (κ3) is 4.46. The van der Waals surface area contributed by atoms with Crippen LogP contribution in [0, 0.1) is 0 Å². The largest absolute Gasteiger partial charge is 0.481 e. The van der Waals surface area contributed by atoms with Gasteiger partial charge in [-0.2, -0.15) is 11.8 Å². The van der Waals surface area contributed by atoms with Crippen LogP contribution in [0.2, 0.25) is 0 Å². The summed E-state index contributed by atoms with van der Waals surface area (Å²) < 4.78 is 0. The van der Waals surface area contributed by atoms with Crippen molar-refractivity contribution in [1.82, 2.24) is 10.6 Å². The molecule has 0 saturated heterocycles. The maximum absolute atomic E-state index is 11.6. The molecule has 0 heterocycles. The fourth-order valence-corrected chi connectivity index (χ4v) is 2.09. The van der Waals surface area contributed by atoms with E-state index in [0.717, 1.165) is 19.3 Å². The van der Waals surface area contributed by atoms with Crippen LogP contribution in [-0.2, 0) is 4.79 Å². The van der Waals surface area contributed by atoms with E-state index in [-0.39, 0.29) is 12.5 Å². The number of rotatable bonds is 6. The van der Waals surface area contributed by atoms with Crippen molar-refractivity contribution in [3.8, 4) is 0 Å². The molecule has 1 unspecified atom stereocenters. The highest BCUT2D eigenvalue weighted by atomic mass is 32.2. The number of amides is 2. The first kappa shape index (κ1) is 14.2. The van der Waals surface area contributed by atoms with Gasteiger partial charge in [0.05, 0.1) is 12.0 Å². The van der Waals surface area contributed by atoms with Gasteiger partial charge in [-0.1, -0.05) is 6.92 Å². The average Bonchev–Trinajstić information content (AvgIpc) is 2.22. The van der Waals surface area contributed by atoms with Gasteiger partial charge in [-0.25, -0.2) is 4.79 Å². The minimum atomic E-state index is -0.859. The lowest BCUT2D eigenvalue weighted by Crippen LogP contribution is -2.57. The molecule has 6 heteroatoms. The van der Waals surface area contributed by atoms with E-state index in [0.29, 0.717) is 11.8 Å². The smallest absolute Gasteiger partial charge is 0.315 e. The molecule has 1 aliphatic carbocycles. The lowest BCUT2D eigenvalue weighted by Gasteiger charge is -2.41. The molecule has 0 aromatic carbocycles. The first-order chi connectivity index (χ1) is 7.97. The van der Waals surface area contributed by atoms with Gasteiger partial charge in [-0.05, 0) is 25.5 Å². The van der Waals surface area contributed by atoms with Crippen molar-refractivity contribution in [3.05, 3.63) is 0 Å². The molecule has 1 saturated carbocycles. The number of aliphatic carboxylic acids is 1. The zero-order valence-corrected chi connectivity index (χ0v) is 11.1. The van der Waals surface area contributed by atoms with Gasteiger partial charge >= 0.3 is 12.0 Å². The molecule has 0 aliphatic heterocycles. The third-order valence-electron chi connectivity index (χ3n) is 3.13. The highest BCUT2D eigenvalue weighted by Crippen LogP contribution is 2.34. The number of urea groups is 1. The number of nitrogens with one attached hydrogen (secondary N) is 2. The molecule has 1 fully saturated rings. The van der Waals surface area contributed by atoms with Crippen molar-refractivity contribution in [1.29, 1.82) is 0 Å². The summed E-state index contributed by atoms with van der Waals surface area (Å²) in [5, 5.41) is 14.7. The van der Waals surface area contributed by atoms with E-state index >= 15 is 0 Å². The van der Waals surface area contributed by atoms with E-state index in [1.54, 1.807) is 11.8 Å². The molecule has 3 N–H and O–H groups in total. The van der Waals surface area contributed by atoms with Gasteiger partial charge in [0.25, 0.3) is 0 Å². The Bertz CT molecular complexity index is 292. The molecule has 1 atom stereocenters. The first-order valence-electron chi connectivity index (χ1n) is 5.78. The summed E-state index contributed by atoms with van der Waals surface area (Å²) in [5.41, 5.74) is -0.515. The fraction of sp³-hybridized carbons (Fsp3) is 0.818. The highest BCUT2D eigenvalue weighted by Gasteiger charge is 2.40.